The highest BCUT2D eigenvalue weighted by Gasteiger charge is 2.45. The third-order valence-electron chi connectivity index (χ3n) is 4.57. The van der Waals surface area contributed by atoms with Gasteiger partial charge >= 0.3 is 0 Å². The normalized spacial score (nSPS) is 13.6. The van der Waals surface area contributed by atoms with E-state index in [-0.39, 0.29) is 11.2 Å². The maximum atomic E-state index is 11.3. The molecule has 120 valence electrons. The van der Waals surface area contributed by atoms with Gasteiger partial charge in [-0.1, -0.05) is 55.4 Å². The van der Waals surface area contributed by atoms with Gasteiger partial charge in [-0.15, -0.1) is 0 Å². The molecule has 0 aliphatic carbocycles. The number of Topliss-reactive ketones (excluding diaryl/α,β-unsaturated/α-hetero) is 1. The van der Waals surface area contributed by atoms with Crippen LogP contribution in [0.25, 0.3) is 0 Å². The Bertz CT molecular complexity index is 284. The molecule has 0 saturated carbocycles. The molecular weight excluding hydrogens is 264 g/mol. The maximum Gasteiger partial charge on any atom is 0.200 e. The number of carbonyl (C=O) groups is 1. The maximum absolute atomic E-state index is 11.3. The van der Waals surface area contributed by atoms with Crippen molar-refractivity contribution in [2.75, 3.05) is 6.61 Å². The van der Waals surface area contributed by atoms with Gasteiger partial charge in [0.2, 0.25) is 0 Å². The van der Waals surface area contributed by atoms with Crippen LogP contribution >= 0.6 is 0 Å². The Kier molecular flexibility index (Phi) is 7.68. The van der Waals surface area contributed by atoms with E-state index in [1.54, 1.807) is 6.92 Å². The standard InChI is InChI=1S/C17H36O2Si/c1-13(2)20(14(3)4,15(5)6)19-11-10-17(8,9)12-16(7)18/h13-15H,10-12H2,1-9H3. The van der Waals surface area contributed by atoms with Crippen LogP contribution in [0.4, 0.5) is 0 Å². The average Bonchev–Trinajstić information content (AvgIpc) is 2.20. The molecule has 0 rings (SSSR count). The molecular formula is C17H36O2Si. The first-order valence-electron chi connectivity index (χ1n) is 8.09. The van der Waals surface area contributed by atoms with Crippen LogP contribution in [0.2, 0.25) is 16.6 Å². The van der Waals surface area contributed by atoms with E-state index < -0.39 is 8.32 Å². The van der Waals surface area contributed by atoms with Crippen molar-refractivity contribution in [3.05, 3.63) is 0 Å². The van der Waals surface area contributed by atoms with Crippen molar-refractivity contribution >= 4 is 14.1 Å². The van der Waals surface area contributed by atoms with Crippen LogP contribution in [0, 0.1) is 5.41 Å². The molecule has 0 N–H and O–H groups in total. The second-order valence-corrected chi connectivity index (χ2v) is 13.4. The second kappa shape index (κ2) is 7.74. The average molecular weight is 301 g/mol. The van der Waals surface area contributed by atoms with Gasteiger partial charge in [0.1, 0.15) is 5.78 Å². The van der Waals surface area contributed by atoms with Gasteiger partial charge in [-0.25, -0.2) is 0 Å². The first-order chi connectivity index (χ1) is 8.95. The van der Waals surface area contributed by atoms with Gasteiger partial charge in [0.25, 0.3) is 0 Å². The minimum atomic E-state index is -1.75. The van der Waals surface area contributed by atoms with Crippen LogP contribution in [0.5, 0.6) is 0 Å². The lowest BCUT2D eigenvalue weighted by Gasteiger charge is -2.42. The predicted molar refractivity (Wildman–Crippen MR) is 90.7 cm³/mol. The van der Waals surface area contributed by atoms with Gasteiger partial charge in [-0.05, 0) is 35.4 Å². The van der Waals surface area contributed by atoms with E-state index in [0.29, 0.717) is 23.0 Å². The molecule has 0 spiro atoms. The Morgan fingerprint density at radius 3 is 1.70 bits per heavy atom. The third-order valence-corrected chi connectivity index (χ3v) is 10.7. The fourth-order valence-corrected chi connectivity index (χ4v) is 9.22. The largest absolute Gasteiger partial charge is 0.416 e. The van der Waals surface area contributed by atoms with E-state index in [1.807, 2.05) is 0 Å². The highest BCUT2D eigenvalue weighted by atomic mass is 28.4. The molecule has 0 aromatic carbocycles. The number of hydrogen-bond donors (Lipinski definition) is 0. The molecule has 0 unspecified atom stereocenters. The first-order valence-corrected chi connectivity index (χ1v) is 10.2. The van der Waals surface area contributed by atoms with Crippen molar-refractivity contribution in [1.82, 2.24) is 0 Å². The van der Waals surface area contributed by atoms with Gasteiger partial charge in [-0.2, -0.15) is 0 Å². The van der Waals surface area contributed by atoms with Crippen LogP contribution in [0.1, 0.15) is 75.2 Å². The van der Waals surface area contributed by atoms with E-state index in [2.05, 4.69) is 55.4 Å². The van der Waals surface area contributed by atoms with Gasteiger partial charge < -0.3 is 9.22 Å². The van der Waals surface area contributed by atoms with Crippen LogP contribution in [-0.2, 0) is 9.22 Å². The predicted octanol–water partition coefficient (Wildman–Crippen LogP) is 5.57. The van der Waals surface area contributed by atoms with Crippen molar-refractivity contribution in [1.29, 1.82) is 0 Å². The molecule has 0 atom stereocenters. The molecule has 0 fully saturated rings. The Balaban J connectivity index is 4.76. The number of rotatable bonds is 9. The highest BCUT2D eigenvalue weighted by Crippen LogP contribution is 2.42. The number of ketones is 1. The number of hydrogen-bond acceptors (Lipinski definition) is 2. The van der Waals surface area contributed by atoms with Crippen LogP contribution in [0.3, 0.4) is 0 Å². The van der Waals surface area contributed by atoms with Crippen LogP contribution in [-0.4, -0.2) is 20.7 Å². The summed E-state index contributed by atoms with van der Waals surface area (Å²) < 4.78 is 6.56. The fraction of sp³-hybridized carbons (Fsp3) is 0.941. The van der Waals surface area contributed by atoms with Crippen LogP contribution in [0.15, 0.2) is 0 Å². The van der Waals surface area contributed by atoms with Gasteiger partial charge in [0.15, 0.2) is 8.32 Å². The van der Waals surface area contributed by atoms with E-state index in [4.69, 9.17) is 4.43 Å². The lowest BCUT2D eigenvalue weighted by molar-refractivity contribution is -0.119. The summed E-state index contributed by atoms with van der Waals surface area (Å²) in [6.45, 7) is 20.7. The molecule has 2 nitrogen and oxygen atoms in total. The Labute approximate surface area is 127 Å². The van der Waals surface area contributed by atoms with Crippen molar-refractivity contribution in [3.8, 4) is 0 Å². The zero-order chi connectivity index (χ0) is 16.1. The number of carbonyl (C=O) groups excluding carboxylic acids is 1. The van der Waals surface area contributed by atoms with Gasteiger partial charge in [0, 0.05) is 13.0 Å². The highest BCUT2D eigenvalue weighted by molar-refractivity contribution is 6.77. The minimum absolute atomic E-state index is 0.0525. The third kappa shape index (κ3) is 5.32. The monoisotopic (exact) mass is 300 g/mol. The summed E-state index contributed by atoms with van der Waals surface area (Å²) in [6, 6.07) is 0. The molecule has 0 heterocycles. The summed E-state index contributed by atoms with van der Waals surface area (Å²) in [5.74, 6) is 0.273. The molecule has 0 aliphatic heterocycles. The molecule has 0 bridgehead atoms. The van der Waals surface area contributed by atoms with E-state index >= 15 is 0 Å². The zero-order valence-corrected chi connectivity index (χ0v) is 16.2. The van der Waals surface area contributed by atoms with E-state index in [0.717, 1.165) is 13.0 Å². The SMILES string of the molecule is CC(=O)CC(C)(C)CCO[Si](C(C)C)(C(C)C)C(C)C. The van der Waals surface area contributed by atoms with Crippen molar-refractivity contribution in [2.45, 2.75) is 91.8 Å². The fourth-order valence-electron chi connectivity index (χ4n) is 3.77. The Hall–Kier alpha value is -0.153. The molecule has 20 heavy (non-hydrogen) atoms. The molecule has 0 radical (unpaired) electrons. The van der Waals surface area contributed by atoms with Crippen molar-refractivity contribution in [3.63, 3.8) is 0 Å². The van der Waals surface area contributed by atoms with E-state index in [9.17, 15) is 4.79 Å². The lowest BCUT2D eigenvalue weighted by Crippen LogP contribution is -2.48. The summed E-state index contributed by atoms with van der Waals surface area (Å²) >= 11 is 0. The topological polar surface area (TPSA) is 26.3 Å². The smallest absolute Gasteiger partial charge is 0.200 e. The molecule has 3 heteroatoms. The molecule has 0 aliphatic rings. The lowest BCUT2D eigenvalue weighted by atomic mass is 9.85. The van der Waals surface area contributed by atoms with Gasteiger partial charge in [0.05, 0.1) is 0 Å². The summed E-state index contributed by atoms with van der Waals surface area (Å²) in [5, 5.41) is 0. The summed E-state index contributed by atoms with van der Waals surface area (Å²) in [7, 11) is -1.75. The molecule has 0 aromatic heterocycles. The molecule has 0 saturated heterocycles. The van der Waals surface area contributed by atoms with Crippen molar-refractivity contribution < 1.29 is 9.22 Å². The summed E-state index contributed by atoms with van der Waals surface area (Å²) in [6.07, 6.45) is 1.61. The van der Waals surface area contributed by atoms with Gasteiger partial charge in [-0.3, -0.25) is 0 Å². The first kappa shape index (κ1) is 19.8. The summed E-state index contributed by atoms with van der Waals surface area (Å²) in [4.78, 5) is 11.3. The molecule has 0 aromatic rings. The quantitative estimate of drug-likeness (QED) is 0.520. The Morgan fingerprint density at radius 1 is 1.00 bits per heavy atom. The summed E-state index contributed by atoms with van der Waals surface area (Å²) in [5.41, 5.74) is 1.92. The van der Waals surface area contributed by atoms with Crippen LogP contribution < -0.4 is 0 Å². The Morgan fingerprint density at radius 2 is 1.40 bits per heavy atom. The van der Waals surface area contributed by atoms with E-state index in [1.165, 1.54) is 0 Å². The van der Waals surface area contributed by atoms with Crippen molar-refractivity contribution in [2.24, 2.45) is 5.41 Å². The molecule has 0 amide bonds. The minimum Gasteiger partial charge on any atom is -0.416 e. The second-order valence-electron chi connectivity index (χ2n) is 7.96. The zero-order valence-electron chi connectivity index (χ0n) is 15.2.